The van der Waals surface area contributed by atoms with Crippen LogP contribution in [-0.4, -0.2) is 23.3 Å². The zero-order valence-corrected chi connectivity index (χ0v) is 16.7. The third-order valence-electron chi connectivity index (χ3n) is 4.58. The first-order valence-corrected chi connectivity index (χ1v) is 9.34. The van der Waals surface area contributed by atoms with Crippen LogP contribution in [0.1, 0.15) is 44.2 Å². The largest absolute Gasteiger partial charge is 0.462 e. The highest BCUT2D eigenvalue weighted by atomic mass is 16.5. The number of nitrogens with two attached hydrogens (primary N) is 1. The van der Waals surface area contributed by atoms with Crippen LogP contribution in [0.25, 0.3) is 5.57 Å². The van der Waals surface area contributed by atoms with Crippen molar-refractivity contribution < 1.29 is 13.9 Å². The lowest BCUT2D eigenvalue weighted by molar-refractivity contribution is -0.136. The van der Waals surface area contributed by atoms with E-state index in [9.17, 15) is 9.59 Å². The number of pyridine rings is 1. The van der Waals surface area contributed by atoms with Crippen LogP contribution in [-0.2, 0) is 16.0 Å². The van der Waals surface area contributed by atoms with E-state index in [1.54, 1.807) is 37.4 Å². The summed E-state index contributed by atoms with van der Waals surface area (Å²) in [7, 11) is 0. The molecule has 0 bridgehead atoms. The normalized spacial score (nSPS) is 16.9. The third-order valence-corrected chi connectivity index (χ3v) is 4.58. The van der Waals surface area contributed by atoms with Crippen LogP contribution >= 0.6 is 0 Å². The minimum atomic E-state index is -0.549. The summed E-state index contributed by atoms with van der Waals surface area (Å²) >= 11 is 0. The molecule has 1 aliphatic carbocycles. The molecule has 0 aromatic carbocycles. The molecule has 0 fully saturated rings. The van der Waals surface area contributed by atoms with Crippen molar-refractivity contribution in [2.75, 3.05) is 11.9 Å². The van der Waals surface area contributed by atoms with Gasteiger partial charge in [0.25, 0.3) is 0 Å². The lowest BCUT2D eigenvalue weighted by atomic mass is 9.76. The Morgan fingerprint density at radius 2 is 2.21 bits per heavy atom. The van der Waals surface area contributed by atoms with Gasteiger partial charge in [-0.05, 0) is 37.0 Å². The van der Waals surface area contributed by atoms with Crippen LogP contribution in [0, 0.1) is 5.41 Å². The average Bonchev–Trinajstić information content (AvgIpc) is 2.68. The van der Waals surface area contributed by atoms with Gasteiger partial charge in [0.05, 0.1) is 18.0 Å². The maximum Gasteiger partial charge on any atom is 0.359 e. The zero-order chi connectivity index (χ0) is 21.0. The van der Waals surface area contributed by atoms with Crippen LogP contribution < -0.4 is 16.8 Å². The SMILES string of the molecule is CCOC(=O)/C(=C\Nc1cc2c(oc1=O)CC(C)(C)C/C2=N/N)c1ccccn1. The first kappa shape index (κ1) is 20.3. The van der Waals surface area contributed by atoms with Crippen LogP contribution in [0.5, 0.6) is 0 Å². The molecule has 0 spiro atoms. The van der Waals surface area contributed by atoms with Gasteiger partial charge >= 0.3 is 11.6 Å². The standard InChI is InChI=1S/C21H24N4O4/c1-4-28-19(26)14(15-7-5-6-8-23-15)12-24-16-9-13-17(25-22)10-21(2,3)11-18(13)29-20(16)27/h5-9,12,24H,4,10-11,22H2,1-3H3/b14-12-,25-17-. The summed E-state index contributed by atoms with van der Waals surface area (Å²) < 4.78 is 10.6. The minimum Gasteiger partial charge on any atom is -0.462 e. The predicted octanol–water partition coefficient (Wildman–Crippen LogP) is 2.69. The Balaban J connectivity index is 1.99. The molecule has 0 atom stereocenters. The summed E-state index contributed by atoms with van der Waals surface area (Å²) in [5, 5.41) is 6.74. The molecular weight excluding hydrogens is 372 g/mol. The molecule has 0 saturated carbocycles. The molecular formula is C21H24N4O4. The van der Waals surface area contributed by atoms with E-state index in [1.165, 1.54) is 6.20 Å². The molecule has 0 saturated heterocycles. The number of ether oxygens (including phenoxy) is 1. The molecule has 8 nitrogen and oxygen atoms in total. The monoisotopic (exact) mass is 396 g/mol. The molecule has 0 unspecified atom stereocenters. The Hall–Kier alpha value is -3.42. The first-order chi connectivity index (χ1) is 13.8. The van der Waals surface area contributed by atoms with Gasteiger partial charge in [0.2, 0.25) is 0 Å². The van der Waals surface area contributed by atoms with Gasteiger partial charge < -0.3 is 20.3 Å². The van der Waals surface area contributed by atoms with Crippen molar-refractivity contribution >= 4 is 22.9 Å². The van der Waals surface area contributed by atoms with Crippen molar-refractivity contribution in [3.8, 4) is 0 Å². The Kier molecular flexibility index (Phi) is 5.81. The lowest BCUT2D eigenvalue weighted by Crippen LogP contribution is -2.29. The molecule has 3 N–H and O–H groups in total. The number of rotatable bonds is 5. The Labute approximate surface area is 168 Å². The number of nitrogens with one attached hydrogen (secondary N) is 1. The zero-order valence-electron chi connectivity index (χ0n) is 16.7. The van der Waals surface area contributed by atoms with Gasteiger partial charge in [-0.15, -0.1) is 0 Å². The maximum absolute atomic E-state index is 12.5. The number of anilines is 1. The van der Waals surface area contributed by atoms with Crippen LogP contribution in [0.2, 0.25) is 0 Å². The molecule has 0 amide bonds. The van der Waals surface area contributed by atoms with E-state index in [0.29, 0.717) is 35.6 Å². The number of fused-ring (bicyclic) bond motifs is 1. The highest BCUT2D eigenvalue weighted by Crippen LogP contribution is 2.35. The van der Waals surface area contributed by atoms with E-state index in [-0.39, 0.29) is 23.3 Å². The highest BCUT2D eigenvalue weighted by Gasteiger charge is 2.32. The third kappa shape index (κ3) is 4.53. The van der Waals surface area contributed by atoms with Gasteiger partial charge in [-0.2, -0.15) is 5.10 Å². The number of hydrogen-bond donors (Lipinski definition) is 2. The quantitative estimate of drug-likeness (QED) is 0.345. The Morgan fingerprint density at radius 3 is 2.86 bits per heavy atom. The summed E-state index contributed by atoms with van der Waals surface area (Å²) in [6.07, 6.45) is 4.24. The summed E-state index contributed by atoms with van der Waals surface area (Å²) in [5.74, 6) is 5.57. The van der Waals surface area contributed by atoms with E-state index >= 15 is 0 Å². The van der Waals surface area contributed by atoms with E-state index in [2.05, 4.69) is 29.2 Å². The van der Waals surface area contributed by atoms with Crippen molar-refractivity contribution in [2.45, 2.75) is 33.6 Å². The van der Waals surface area contributed by atoms with Crippen molar-refractivity contribution in [3.05, 3.63) is 64.1 Å². The minimum absolute atomic E-state index is 0.105. The van der Waals surface area contributed by atoms with E-state index < -0.39 is 11.6 Å². The van der Waals surface area contributed by atoms with Crippen molar-refractivity contribution in [2.24, 2.45) is 16.4 Å². The molecule has 3 rings (SSSR count). The molecule has 152 valence electrons. The summed E-state index contributed by atoms with van der Waals surface area (Å²) in [6, 6.07) is 6.84. The van der Waals surface area contributed by atoms with Gasteiger partial charge in [-0.25, -0.2) is 9.59 Å². The molecule has 2 aromatic heterocycles. The van der Waals surface area contributed by atoms with Crippen LogP contribution in [0.15, 0.2) is 51.0 Å². The van der Waals surface area contributed by atoms with Gasteiger partial charge in [0.15, 0.2) is 0 Å². The number of hydrogen-bond acceptors (Lipinski definition) is 8. The molecule has 8 heteroatoms. The van der Waals surface area contributed by atoms with Crippen molar-refractivity contribution in [1.29, 1.82) is 0 Å². The predicted molar refractivity (Wildman–Crippen MR) is 110 cm³/mol. The smallest absolute Gasteiger partial charge is 0.359 e. The van der Waals surface area contributed by atoms with Crippen LogP contribution in [0.3, 0.4) is 0 Å². The maximum atomic E-state index is 12.5. The Morgan fingerprint density at radius 1 is 1.41 bits per heavy atom. The molecule has 0 radical (unpaired) electrons. The van der Waals surface area contributed by atoms with E-state index in [1.807, 2.05) is 0 Å². The second-order valence-corrected chi connectivity index (χ2v) is 7.52. The molecule has 2 heterocycles. The Bertz CT molecular complexity index is 1020. The molecule has 29 heavy (non-hydrogen) atoms. The fourth-order valence-electron chi connectivity index (χ4n) is 3.26. The topological polar surface area (TPSA) is 120 Å². The molecule has 0 aliphatic heterocycles. The first-order valence-electron chi connectivity index (χ1n) is 9.34. The number of esters is 1. The number of carbonyl (C=O) groups excluding carboxylic acids is 1. The van der Waals surface area contributed by atoms with Gasteiger partial charge in [-0.1, -0.05) is 19.9 Å². The van der Waals surface area contributed by atoms with E-state index in [0.717, 1.165) is 0 Å². The number of aromatic nitrogens is 1. The highest BCUT2D eigenvalue weighted by molar-refractivity contribution is 6.16. The van der Waals surface area contributed by atoms with Gasteiger partial charge in [0.1, 0.15) is 17.0 Å². The van der Waals surface area contributed by atoms with E-state index in [4.69, 9.17) is 15.0 Å². The summed E-state index contributed by atoms with van der Waals surface area (Å²) in [5.41, 5.74) is 1.50. The number of hydrazone groups is 1. The number of carbonyl (C=O) groups is 1. The molecule has 1 aliphatic rings. The lowest BCUT2D eigenvalue weighted by Gasteiger charge is -2.30. The second kappa shape index (κ2) is 8.30. The fraction of sp³-hybridized carbons (Fsp3) is 0.333. The summed E-state index contributed by atoms with van der Waals surface area (Å²) in [6.45, 7) is 6.06. The van der Waals surface area contributed by atoms with Gasteiger partial charge in [-0.3, -0.25) is 4.98 Å². The average molecular weight is 396 g/mol. The van der Waals surface area contributed by atoms with Gasteiger partial charge in [0, 0.05) is 24.4 Å². The second-order valence-electron chi connectivity index (χ2n) is 7.52. The number of nitrogens with zero attached hydrogens (tertiary/aromatic N) is 2. The van der Waals surface area contributed by atoms with Crippen molar-refractivity contribution in [1.82, 2.24) is 4.98 Å². The van der Waals surface area contributed by atoms with Crippen molar-refractivity contribution in [3.63, 3.8) is 0 Å². The summed E-state index contributed by atoms with van der Waals surface area (Å²) in [4.78, 5) is 29.0. The van der Waals surface area contributed by atoms with Crippen LogP contribution in [0.4, 0.5) is 5.69 Å². The molecule has 2 aromatic rings. The fourth-order valence-corrected chi connectivity index (χ4v) is 3.26.